The van der Waals surface area contributed by atoms with Crippen LogP contribution < -0.4 is 5.32 Å². The Kier molecular flexibility index (Phi) is 9.57. The van der Waals surface area contributed by atoms with Gasteiger partial charge in [0.2, 0.25) is 5.91 Å². The third-order valence-electron chi connectivity index (χ3n) is 2.52. The first-order valence-corrected chi connectivity index (χ1v) is 8.00. The summed E-state index contributed by atoms with van der Waals surface area (Å²) in [5, 5.41) is 5.56. The van der Waals surface area contributed by atoms with Gasteiger partial charge in [0.05, 0.1) is 31.2 Å². The Balaban J connectivity index is 2.00. The van der Waals surface area contributed by atoms with Gasteiger partial charge in [-0.2, -0.15) is 0 Å². The summed E-state index contributed by atoms with van der Waals surface area (Å²) in [6, 6.07) is 0. The van der Waals surface area contributed by atoms with Crippen LogP contribution >= 0.6 is 22.9 Å². The highest BCUT2D eigenvalue weighted by Crippen LogP contribution is 2.11. The van der Waals surface area contributed by atoms with Gasteiger partial charge in [-0.3, -0.25) is 4.79 Å². The van der Waals surface area contributed by atoms with E-state index in [1.54, 1.807) is 7.11 Å². The van der Waals surface area contributed by atoms with Gasteiger partial charge in [0, 0.05) is 25.6 Å². The van der Waals surface area contributed by atoms with Crippen molar-refractivity contribution in [1.29, 1.82) is 0 Å². The molecule has 0 bridgehead atoms. The van der Waals surface area contributed by atoms with E-state index in [9.17, 15) is 4.79 Å². The fourth-order valence-electron chi connectivity index (χ4n) is 1.49. The van der Waals surface area contributed by atoms with Crippen molar-refractivity contribution in [3.63, 3.8) is 0 Å². The van der Waals surface area contributed by atoms with E-state index in [2.05, 4.69) is 10.3 Å². The number of methoxy groups -OCH3 is 1. The predicted octanol–water partition coefficient (Wildman–Crippen LogP) is 1.98. The number of ether oxygens (including phenoxy) is 2. The summed E-state index contributed by atoms with van der Waals surface area (Å²) >= 11 is 7.13. The lowest BCUT2D eigenvalue weighted by atomic mass is 10.3. The molecule has 1 aromatic rings. The van der Waals surface area contributed by atoms with Crippen LogP contribution in [0.1, 0.15) is 23.5 Å². The molecular formula is C13H21ClN2O3S. The Morgan fingerprint density at radius 1 is 1.40 bits per heavy atom. The lowest BCUT2D eigenvalue weighted by molar-refractivity contribution is -0.120. The summed E-state index contributed by atoms with van der Waals surface area (Å²) in [6.45, 7) is 2.61. The lowest BCUT2D eigenvalue weighted by Gasteiger charge is -2.05. The SMILES string of the molecule is COCCOCCCCNC(=O)Cc1nc(CCl)cs1. The summed E-state index contributed by atoms with van der Waals surface area (Å²) in [7, 11) is 1.65. The van der Waals surface area contributed by atoms with Gasteiger partial charge in [0.25, 0.3) is 0 Å². The maximum Gasteiger partial charge on any atom is 0.226 e. The van der Waals surface area contributed by atoms with Gasteiger partial charge in [-0.05, 0) is 12.8 Å². The Morgan fingerprint density at radius 3 is 2.95 bits per heavy atom. The summed E-state index contributed by atoms with van der Waals surface area (Å²) in [6.07, 6.45) is 2.16. The molecule has 5 nitrogen and oxygen atoms in total. The molecule has 0 unspecified atom stereocenters. The standard InChI is InChI=1S/C13H21ClN2O3S/c1-18-6-7-19-5-3-2-4-15-12(17)8-13-16-11(9-14)10-20-13/h10H,2-9H2,1H3,(H,15,17). The number of halogens is 1. The number of hydrogen-bond donors (Lipinski definition) is 1. The number of amides is 1. The van der Waals surface area contributed by atoms with Crippen molar-refractivity contribution in [1.82, 2.24) is 10.3 Å². The number of unbranched alkanes of at least 4 members (excludes halogenated alkanes) is 1. The number of alkyl halides is 1. The molecule has 0 saturated carbocycles. The van der Waals surface area contributed by atoms with Crippen molar-refractivity contribution in [2.75, 3.05) is 33.5 Å². The molecule has 1 rings (SSSR count). The molecule has 0 spiro atoms. The molecule has 114 valence electrons. The number of hydrogen-bond acceptors (Lipinski definition) is 5. The lowest BCUT2D eigenvalue weighted by Crippen LogP contribution is -2.26. The van der Waals surface area contributed by atoms with Crippen molar-refractivity contribution < 1.29 is 14.3 Å². The first-order valence-electron chi connectivity index (χ1n) is 6.59. The van der Waals surface area contributed by atoms with E-state index in [0.717, 1.165) is 23.5 Å². The second-order valence-corrected chi connectivity index (χ2v) is 5.42. The number of nitrogens with zero attached hydrogens (tertiary/aromatic N) is 1. The third kappa shape index (κ3) is 7.79. The smallest absolute Gasteiger partial charge is 0.226 e. The second kappa shape index (κ2) is 11.0. The van der Waals surface area contributed by atoms with Gasteiger partial charge in [-0.15, -0.1) is 22.9 Å². The van der Waals surface area contributed by atoms with Crippen molar-refractivity contribution in [3.8, 4) is 0 Å². The highest BCUT2D eigenvalue weighted by atomic mass is 35.5. The molecule has 1 heterocycles. The number of thiazole rings is 1. The molecule has 0 aromatic carbocycles. The second-order valence-electron chi connectivity index (χ2n) is 4.21. The van der Waals surface area contributed by atoms with E-state index in [-0.39, 0.29) is 5.91 Å². The molecule has 1 amide bonds. The molecule has 0 saturated heterocycles. The zero-order chi connectivity index (χ0) is 14.6. The minimum absolute atomic E-state index is 0.000716. The average molecular weight is 321 g/mol. The molecule has 0 radical (unpaired) electrons. The third-order valence-corrected chi connectivity index (χ3v) is 3.69. The zero-order valence-electron chi connectivity index (χ0n) is 11.7. The number of carbonyl (C=O) groups excluding carboxylic acids is 1. The van der Waals surface area contributed by atoms with Crippen molar-refractivity contribution in [3.05, 3.63) is 16.1 Å². The Hall–Kier alpha value is -0.690. The van der Waals surface area contributed by atoms with Gasteiger partial charge in [0.1, 0.15) is 5.01 Å². The molecule has 1 aromatic heterocycles. The van der Waals surface area contributed by atoms with Crippen LogP contribution in [-0.4, -0.2) is 44.4 Å². The van der Waals surface area contributed by atoms with Crippen LogP contribution in [0, 0.1) is 0 Å². The summed E-state index contributed by atoms with van der Waals surface area (Å²) in [4.78, 5) is 15.9. The predicted molar refractivity (Wildman–Crippen MR) is 80.3 cm³/mol. The van der Waals surface area contributed by atoms with Crippen LogP contribution in [0.5, 0.6) is 0 Å². The van der Waals surface area contributed by atoms with E-state index in [1.807, 2.05) is 5.38 Å². The van der Waals surface area contributed by atoms with Crippen LogP contribution in [0.2, 0.25) is 0 Å². The van der Waals surface area contributed by atoms with Gasteiger partial charge in [-0.1, -0.05) is 0 Å². The zero-order valence-corrected chi connectivity index (χ0v) is 13.3. The molecule has 1 N–H and O–H groups in total. The van der Waals surface area contributed by atoms with Gasteiger partial charge in [-0.25, -0.2) is 4.98 Å². The van der Waals surface area contributed by atoms with E-state index in [4.69, 9.17) is 21.1 Å². The first-order chi connectivity index (χ1) is 9.76. The molecule has 0 aliphatic heterocycles. The largest absolute Gasteiger partial charge is 0.382 e. The summed E-state index contributed by atoms with van der Waals surface area (Å²) in [5.74, 6) is 0.391. The molecule has 0 aliphatic rings. The Bertz CT molecular complexity index is 387. The van der Waals surface area contributed by atoms with Gasteiger partial charge >= 0.3 is 0 Å². The Labute approximate surface area is 128 Å². The minimum Gasteiger partial charge on any atom is -0.382 e. The minimum atomic E-state index is 0.000716. The molecule has 0 aliphatic carbocycles. The van der Waals surface area contributed by atoms with Crippen LogP contribution in [0.3, 0.4) is 0 Å². The molecular weight excluding hydrogens is 300 g/mol. The van der Waals surface area contributed by atoms with Gasteiger partial charge < -0.3 is 14.8 Å². The fourth-order valence-corrected chi connectivity index (χ4v) is 2.51. The summed E-state index contributed by atoms with van der Waals surface area (Å²) < 4.78 is 10.2. The van der Waals surface area contributed by atoms with Crippen LogP contribution in [0.25, 0.3) is 0 Å². The average Bonchev–Trinajstić information content (AvgIpc) is 2.89. The molecule has 0 atom stereocenters. The fraction of sp³-hybridized carbons (Fsp3) is 0.692. The number of nitrogens with one attached hydrogen (secondary N) is 1. The number of rotatable bonds is 11. The van der Waals surface area contributed by atoms with Crippen LogP contribution in [0.4, 0.5) is 0 Å². The van der Waals surface area contributed by atoms with E-state index in [0.29, 0.717) is 38.7 Å². The maximum absolute atomic E-state index is 11.7. The van der Waals surface area contributed by atoms with Crippen molar-refractivity contribution in [2.45, 2.75) is 25.1 Å². The van der Waals surface area contributed by atoms with E-state index >= 15 is 0 Å². The highest BCUT2D eigenvalue weighted by Gasteiger charge is 2.06. The monoisotopic (exact) mass is 320 g/mol. The normalized spacial score (nSPS) is 10.7. The maximum atomic E-state index is 11.7. The quantitative estimate of drug-likeness (QED) is 0.500. The molecule has 0 fully saturated rings. The number of carbonyl (C=O) groups is 1. The highest BCUT2D eigenvalue weighted by molar-refractivity contribution is 7.09. The Morgan fingerprint density at radius 2 is 2.25 bits per heavy atom. The van der Waals surface area contributed by atoms with Crippen molar-refractivity contribution >= 4 is 28.8 Å². The molecule has 20 heavy (non-hydrogen) atoms. The summed E-state index contributed by atoms with van der Waals surface area (Å²) in [5.41, 5.74) is 0.827. The van der Waals surface area contributed by atoms with Crippen LogP contribution in [-0.2, 0) is 26.6 Å². The van der Waals surface area contributed by atoms with Gasteiger partial charge in [0.15, 0.2) is 0 Å². The van der Waals surface area contributed by atoms with Crippen molar-refractivity contribution in [2.24, 2.45) is 0 Å². The number of aromatic nitrogens is 1. The van der Waals surface area contributed by atoms with Crippen LogP contribution in [0.15, 0.2) is 5.38 Å². The topological polar surface area (TPSA) is 60.5 Å². The van der Waals surface area contributed by atoms with E-state index in [1.165, 1.54) is 11.3 Å². The van der Waals surface area contributed by atoms with E-state index < -0.39 is 0 Å². The molecule has 7 heteroatoms. The first kappa shape index (κ1) is 17.4.